The normalized spacial score (nSPS) is 10.3. The molecule has 100 valence electrons. The third-order valence-corrected chi connectivity index (χ3v) is 2.69. The van der Waals surface area contributed by atoms with Gasteiger partial charge in [-0.25, -0.2) is 4.98 Å². The zero-order valence-electron chi connectivity index (χ0n) is 11.6. The molecule has 0 aliphatic carbocycles. The van der Waals surface area contributed by atoms with Crippen LogP contribution in [0.25, 0.3) is 0 Å². The van der Waals surface area contributed by atoms with E-state index in [0.29, 0.717) is 11.8 Å². The van der Waals surface area contributed by atoms with Crippen molar-refractivity contribution in [2.24, 2.45) is 0 Å². The molecule has 0 aliphatic rings. The standard InChI is InChI=1S/C15H19N3O/c1-4-12-7-6-8-13(10-12)19-14-9-11(3)17-15(18-14)16-5-2/h6-10H,4-5H2,1-3H3,(H,16,17,18). The summed E-state index contributed by atoms with van der Waals surface area (Å²) in [6.45, 7) is 6.85. The number of nitrogens with zero attached hydrogens (tertiary/aromatic N) is 2. The van der Waals surface area contributed by atoms with Crippen molar-refractivity contribution >= 4 is 5.95 Å². The van der Waals surface area contributed by atoms with Crippen molar-refractivity contribution in [1.82, 2.24) is 9.97 Å². The zero-order valence-corrected chi connectivity index (χ0v) is 11.6. The minimum atomic E-state index is 0.566. The van der Waals surface area contributed by atoms with E-state index in [2.05, 4.69) is 28.3 Å². The molecule has 0 fully saturated rings. The van der Waals surface area contributed by atoms with Crippen molar-refractivity contribution < 1.29 is 4.74 Å². The molecular formula is C15H19N3O. The quantitative estimate of drug-likeness (QED) is 0.889. The topological polar surface area (TPSA) is 47.0 Å². The van der Waals surface area contributed by atoms with E-state index in [1.165, 1.54) is 5.56 Å². The monoisotopic (exact) mass is 257 g/mol. The summed E-state index contributed by atoms with van der Waals surface area (Å²) < 4.78 is 5.80. The molecule has 2 rings (SSSR count). The highest BCUT2D eigenvalue weighted by Gasteiger charge is 2.04. The van der Waals surface area contributed by atoms with Crippen LogP contribution in [0.5, 0.6) is 11.6 Å². The first-order chi connectivity index (χ1) is 9.21. The maximum absolute atomic E-state index is 5.80. The summed E-state index contributed by atoms with van der Waals surface area (Å²) in [4.78, 5) is 8.63. The SMILES string of the molecule is CCNc1nc(C)cc(Oc2cccc(CC)c2)n1. The van der Waals surface area contributed by atoms with Crippen molar-refractivity contribution in [3.63, 3.8) is 0 Å². The molecule has 0 radical (unpaired) electrons. The van der Waals surface area contributed by atoms with E-state index < -0.39 is 0 Å². The lowest BCUT2D eigenvalue weighted by molar-refractivity contribution is 0.461. The van der Waals surface area contributed by atoms with Crippen LogP contribution < -0.4 is 10.1 Å². The molecule has 1 aromatic heterocycles. The summed E-state index contributed by atoms with van der Waals surface area (Å²) in [6, 6.07) is 9.88. The molecule has 0 spiro atoms. The number of nitrogens with one attached hydrogen (secondary N) is 1. The molecule has 4 heteroatoms. The zero-order chi connectivity index (χ0) is 13.7. The van der Waals surface area contributed by atoms with Crippen LogP contribution in [-0.2, 0) is 6.42 Å². The first-order valence-corrected chi connectivity index (χ1v) is 6.57. The Morgan fingerprint density at radius 3 is 2.74 bits per heavy atom. The van der Waals surface area contributed by atoms with Crippen molar-refractivity contribution in [2.45, 2.75) is 27.2 Å². The van der Waals surface area contributed by atoms with Crippen molar-refractivity contribution in [3.05, 3.63) is 41.6 Å². The molecule has 1 N–H and O–H groups in total. The van der Waals surface area contributed by atoms with Crippen LogP contribution in [0.2, 0.25) is 0 Å². The number of hydrogen-bond donors (Lipinski definition) is 1. The molecule has 19 heavy (non-hydrogen) atoms. The largest absolute Gasteiger partial charge is 0.439 e. The summed E-state index contributed by atoms with van der Waals surface area (Å²) in [5, 5.41) is 3.09. The Balaban J connectivity index is 2.22. The predicted octanol–water partition coefficient (Wildman–Crippen LogP) is 3.57. The highest BCUT2D eigenvalue weighted by molar-refractivity contribution is 5.35. The van der Waals surface area contributed by atoms with Gasteiger partial charge >= 0.3 is 0 Å². The number of anilines is 1. The fourth-order valence-electron chi connectivity index (χ4n) is 1.78. The molecule has 0 bridgehead atoms. The van der Waals surface area contributed by atoms with Gasteiger partial charge in [0.1, 0.15) is 5.75 Å². The van der Waals surface area contributed by atoms with E-state index in [1.807, 2.05) is 38.1 Å². The number of rotatable bonds is 5. The number of ether oxygens (including phenoxy) is 1. The molecule has 1 aromatic carbocycles. The third-order valence-electron chi connectivity index (χ3n) is 2.69. The van der Waals surface area contributed by atoms with E-state index in [0.717, 1.165) is 24.4 Å². The number of hydrogen-bond acceptors (Lipinski definition) is 4. The van der Waals surface area contributed by atoms with Gasteiger partial charge in [-0.05, 0) is 38.0 Å². The van der Waals surface area contributed by atoms with E-state index >= 15 is 0 Å². The minimum absolute atomic E-state index is 0.566. The Hall–Kier alpha value is -2.10. The summed E-state index contributed by atoms with van der Waals surface area (Å²) in [5.74, 6) is 1.97. The number of aromatic nitrogens is 2. The van der Waals surface area contributed by atoms with Crippen LogP contribution in [0.4, 0.5) is 5.95 Å². The van der Waals surface area contributed by atoms with E-state index in [4.69, 9.17) is 4.74 Å². The van der Waals surface area contributed by atoms with Gasteiger partial charge in [0.15, 0.2) is 0 Å². The van der Waals surface area contributed by atoms with Gasteiger partial charge in [-0.3, -0.25) is 0 Å². The third kappa shape index (κ3) is 3.68. The Kier molecular flexibility index (Phi) is 4.34. The average Bonchev–Trinajstić information content (AvgIpc) is 2.38. The second-order valence-electron chi connectivity index (χ2n) is 4.30. The van der Waals surface area contributed by atoms with Gasteiger partial charge in [-0.15, -0.1) is 0 Å². The summed E-state index contributed by atoms with van der Waals surface area (Å²) in [6.07, 6.45) is 0.989. The Labute approximate surface area is 113 Å². The summed E-state index contributed by atoms with van der Waals surface area (Å²) >= 11 is 0. The van der Waals surface area contributed by atoms with Crippen LogP contribution in [0.15, 0.2) is 30.3 Å². The summed E-state index contributed by atoms with van der Waals surface area (Å²) in [7, 11) is 0. The van der Waals surface area contributed by atoms with Crippen LogP contribution in [0.1, 0.15) is 25.1 Å². The lowest BCUT2D eigenvalue weighted by Crippen LogP contribution is -2.04. The van der Waals surface area contributed by atoms with E-state index in [1.54, 1.807) is 0 Å². The molecule has 0 atom stereocenters. The smallest absolute Gasteiger partial charge is 0.226 e. The van der Waals surface area contributed by atoms with Crippen LogP contribution in [0, 0.1) is 6.92 Å². The van der Waals surface area contributed by atoms with Gasteiger partial charge in [0.2, 0.25) is 11.8 Å². The van der Waals surface area contributed by atoms with E-state index in [9.17, 15) is 0 Å². The van der Waals surface area contributed by atoms with Crippen molar-refractivity contribution in [1.29, 1.82) is 0 Å². The van der Waals surface area contributed by atoms with Gasteiger partial charge in [0.05, 0.1) is 0 Å². The molecule has 0 unspecified atom stereocenters. The highest BCUT2D eigenvalue weighted by Crippen LogP contribution is 2.22. The van der Waals surface area contributed by atoms with Crippen LogP contribution in [0.3, 0.4) is 0 Å². The Morgan fingerprint density at radius 2 is 2.00 bits per heavy atom. The maximum atomic E-state index is 5.80. The molecule has 0 saturated heterocycles. The van der Waals surface area contributed by atoms with Crippen molar-refractivity contribution in [2.75, 3.05) is 11.9 Å². The fraction of sp³-hybridized carbons (Fsp3) is 0.333. The Morgan fingerprint density at radius 1 is 1.16 bits per heavy atom. The molecule has 0 aliphatic heterocycles. The number of benzene rings is 1. The highest BCUT2D eigenvalue weighted by atomic mass is 16.5. The van der Waals surface area contributed by atoms with Crippen molar-refractivity contribution in [3.8, 4) is 11.6 Å². The van der Waals surface area contributed by atoms with Gasteiger partial charge in [0, 0.05) is 18.3 Å². The minimum Gasteiger partial charge on any atom is -0.439 e. The summed E-state index contributed by atoms with van der Waals surface area (Å²) in [5.41, 5.74) is 2.13. The molecule has 4 nitrogen and oxygen atoms in total. The molecular weight excluding hydrogens is 238 g/mol. The first kappa shape index (κ1) is 13.3. The second kappa shape index (κ2) is 6.18. The van der Waals surface area contributed by atoms with E-state index in [-0.39, 0.29) is 0 Å². The lowest BCUT2D eigenvalue weighted by Gasteiger charge is -2.09. The maximum Gasteiger partial charge on any atom is 0.226 e. The number of aryl methyl sites for hydroxylation is 2. The first-order valence-electron chi connectivity index (χ1n) is 6.57. The second-order valence-corrected chi connectivity index (χ2v) is 4.30. The van der Waals surface area contributed by atoms with Gasteiger partial charge < -0.3 is 10.1 Å². The van der Waals surface area contributed by atoms with Gasteiger partial charge in [0.25, 0.3) is 0 Å². The molecule has 0 amide bonds. The van der Waals surface area contributed by atoms with Crippen LogP contribution in [-0.4, -0.2) is 16.5 Å². The van der Waals surface area contributed by atoms with Crippen LogP contribution >= 0.6 is 0 Å². The average molecular weight is 257 g/mol. The molecule has 2 aromatic rings. The van der Waals surface area contributed by atoms with Gasteiger partial charge in [-0.2, -0.15) is 4.98 Å². The lowest BCUT2D eigenvalue weighted by atomic mass is 10.2. The van der Waals surface area contributed by atoms with Gasteiger partial charge in [-0.1, -0.05) is 19.1 Å². The Bertz CT molecular complexity index is 555. The molecule has 1 heterocycles. The predicted molar refractivity (Wildman–Crippen MR) is 76.8 cm³/mol. The fourth-order valence-corrected chi connectivity index (χ4v) is 1.78. The molecule has 0 saturated carbocycles.